The van der Waals surface area contributed by atoms with Gasteiger partial charge < -0.3 is 5.32 Å². The zero-order chi connectivity index (χ0) is 22.9. The van der Waals surface area contributed by atoms with E-state index in [4.69, 9.17) is 23.2 Å². The molecule has 32 heavy (non-hydrogen) atoms. The molecule has 0 aliphatic carbocycles. The van der Waals surface area contributed by atoms with Gasteiger partial charge in [0.05, 0.1) is 26.7 Å². The summed E-state index contributed by atoms with van der Waals surface area (Å²) in [6, 6.07) is 17.5. The van der Waals surface area contributed by atoms with E-state index in [-0.39, 0.29) is 10.8 Å². The molecule has 3 aromatic carbocycles. The fourth-order valence-corrected chi connectivity index (χ4v) is 5.62. The van der Waals surface area contributed by atoms with Crippen LogP contribution in [0.2, 0.25) is 10.0 Å². The van der Waals surface area contributed by atoms with Gasteiger partial charge >= 0.3 is 0 Å². The number of rotatable bonds is 5. The number of hydrogen-bond acceptors (Lipinski definition) is 4. The number of nitrogens with zero attached hydrogens (tertiary/aromatic N) is 2. The van der Waals surface area contributed by atoms with Crippen molar-refractivity contribution < 1.29 is 13.2 Å². The van der Waals surface area contributed by atoms with E-state index in [1.54, 1.807) is 37.3 Å². The number of sulfonamides is 1. The number of anilines is 1. The third kappa shape index (κ3) is 4.63. The second kappa shape index (κ2) is 9.37. The van der Waals surface area contributed by atoms with E-state index >= 15 is 0 Å². The highest BCUT2D eigenvalue weighted by molar-refractivity contribution is 7.89. The highest BCUT2D eigenvalue weighted by Gasteiger charge is 2.32. The van der Waals surface area contributed by atoms with Crippen molar-refractivity contribution in [2.45, 2.75) is 17.9 Å². The molecule has 1 saturated heterocycles. The van der Waals surface area contributed by atoms with E-state index in [1.165, 1.54) is 4.31 Å². The van der Waals surface area contributed by atoms with Gasteiger partial charge in [0.2, 0.25) is 15.9 Å². The lowest BCUT2D eigenvalue weighted by Gasteiger charge is -2.36. The van der Waals surface area contributed by atoms with Gasteiger partial charge in [0, 0.05) is 26.2 Å². The van der Waals surface area contributed by atoms with E-state index in [0.717, 1.165) is 10.8 Å². The number of piperazine rings is 1. The van der Waals surface area contributed by atoms with Crippen molar-refractivity contribution in [3.63, 3.8) is 0 Å². The molecular formula is C23H23Cl2N3O3S. The van der Waals surface area contributed by atoms with Crippen LogP contribution in [0.3, 0.4) is 0 Å². The maximum Gasteiger partial charge on any atom is 0.243 e. The zero-order valence-electron chi connectivity index (χ0n) is 17.5. The Morgan fingerprint density at radius 2 is 1.62 bits per heavy atom. The first-order chi connectivity index (χ1) is 15.3. The Bertz CT molecular complexity index is 1260. The topological polar surface area (TPSA) is 69.7 Å². The molecule has 0 radical (unpaired) electrons. The predicted octanol–water partition coefficient (Wildman–Crippen LogP) is 4.48. The monoisotopic (exact) mass is 491 g/mol. The van der Waals surface area contributed by atoms with Crippen LogP contribution in [-0.4, -0.2) is 55.8 Å². The largest absolute Gasteiger partial charge is 0.323 e. The fraction of sp³-hybridized carbons (Fsp3) is 0.261. The molecule has 3 aromatic rings. The fourth-order valence-electron chi connectivity index (χ4n) is 3.81. The smallest absolute Gasteiger partial charge is 0.243 e. The van der Waals surface area contributed by atoms with Crippen LogP contribution in [0.25, 0.3) is 10.8 Å². The quantitative estimate of drug-likeness (QED) is 0.571. The lowest BCUT2D eigenvalue weighted by molar-refractivity contribution is -0.121. The van der Waals surface area contributed by atoms with E-state index in [0.29, 0.717) is 41.9 Å². The second-order valence-corrected chi connectivity index (χ2v) is 10.4. The van der Waals surface area contributed by atoms with Crippen LogP contribution in [0.5, 0.6) is 0 Å². The summed E-state index contributed by atoms with van der Waals surface area (Å²) in [4.78, 5) is 15.0. The van der Waals surface area contributed by atoms with Crippen molar-refractivity contribution in [2.24, 2.45) is 0 Å². The van der Waals surface area contributed by atoms with Crippen LogP contribution in [-0.2, 0) is 14.8 Å². The first-order valence-corrected chi connectivity index (χ1v) is 12.4. The van der Waals surface area contributed by atoms with Crippen molar-refractivity contribution in [1.29, 1.82) is 0 Å². The number of carbonyl (C=O) groups is 1. The number of benzene rings is 3. The van der Waals surface area contributed by atoms with Crippen LogP contribution in [0.1, 0.15) is 6.92 Å². The van der Waals surface area contributed by atoms with Gasteiger partial charge in [-0.05, 0) is 42.0 Å². The van der Waals surface area contributed by atoms with Gasteiger partial charge in [-0.3, -0.25) is 9.69 Å². The van der Waals surface area contributed by atoms with Crippen molar-refractivity contribution in [1.82, 2.24) is 9.21 Å². The number of amides is 1. The molecule has 0 unspecified atom stereocenters. The maximum atomic E-state index is 13.2. The normalized spacial score (nSPS) is 16.7. The van der Waals surface area contributed by atoms with E-state index in [2.05, 4.69) is 5.32 Å². The lowest BCUT2D eigenvalue weighted by atomic mass is 10.1. The molecule has 0 saturated carbocycles. The van der Waals surface area contributed by atoms with Gasteiger partial charge in [-0.25, -0.2) is 8.42 Å². The van der Waals surface area contributed by atoms with E-state index in [9.17, 15) is 13.2 Å². The SMILES string of the molecule is C[C@H](C(=O)Nc1cccc(Cl)c1Cl)N1CCN(S(=O)(=O)c2ccc3ccccc3c2)CC1. The van der Waals surface area contributed by atoms with E-state index in [1.807, 2.05) is 35.2 Å². The van der Waals surface area contributed by atoms with Crippen molar-refractivity contribution >= 4 is 55.6 Å². The standard InChI is InChI=1S/C23H23Cl2N3O3S/c1-16(23(29)26-21-8-4-7-20(24)22(21)25)27-11-13-28(14-12-27)32(30,31)19-10-9-17-5-2-3-6-18(17)15-19/h2-10,15-16H,11-14H2,1H3,(H,26,29)/t16-/m1/s1. The van der Waals surface area contributed by atoms with Gasteiger partial charge in [0.25, 0.3) is 0 Å². The Labute approximate surface area is 197 Å². The average molecular weight is 492 g/mol. The van der Waals surface area contributed by atoms with Crippen LogP contribution >= 0.6 is 23.2 Å². The van der Waals surface area contributed by atoms with Crippen LogP contribution in [0.15, 0.2) is 65.6 Å². The summed E-state index contributed by atoms with van der Waals surface area (Å²) in [6.45, 7) is 3.31. The molecule has 168 valence electrons. The second-order valence-electron chi connectivity index (χ2n) is 7.72. The van der Waals surface area contributed by atoms with Gasteiger partial charge in [0.15, 0.2) is 0 Å². The molecule has 4 rings (SSSR count). The Morgan fingerprint density at radius 3 is 2.34 bits per heavy atom. The third-order valence-electron chi connectivity index (χ3n) is 5.77. The Balaban J connectivity index is 1.41. The van der Waals surface area contributed by atoms with Crippen LogP contribution < -0.4 is 5.32 Å². The lowest BCUT2D eigenvalue weighted by Crippen LogP contribution is -2.53. The summed E-state index contributed by atoms with van der Waals surface area (Å²) in [7, 11) is -3.61. The summed E-state index contributed by atoms with van der Waals surface area (Å²) in [5.74, 6) is -0.222. The molecule has 0 spiro atoms. The molecule has 0 bridgehead atoms. The van der Waals surface area contributed by atoms with Gasteiger partial charge in [0.1, 0.15) is 0 Å². The number of carbonyl (C=O) groups excluding carboxylic acids is 1. The maximum absolute atomic E-state index is 13.2. The average Bonchev–Trinajstić information content (AvgIpc) is 2.81. The van der Waals surface area contributed by atoms with Crippen LogP contribution in [0, 0.1) is 0 Å². The molecule has 1 fully saturated rings. The summed E-state index contributed by atoms with van der Waals surface area (Å²) in [5, 5.41) is 5.34. The number of nitrogens with one attached hydrogen (secondary N) is 1. The van der Waals surface area contributed by atoms with Gasteiger partial charge in [-0.1, -0.05) is 59.6 Å². The highest BCUT2D eigenvalue weighted by atomic mass is 35.5. The van der Waals surface area contributed by atoms with Crippen molar-refractivity contribution in [3.05, 3.63) is 70.7 Å². The third-order valence-corrected chi connectivity index (χ3v) is 8.48. The minimum Gasteiger partial charge on any atom is -0.323 e. The van der Waals surface area contributed by atoms with Crippen molar-refractivity contribution in [3.8, 4) is 0 Å². The Hall–Kier alpha value is -2.16. The van der Waals surface area contributed by atoms with E-state index < -0.39 is 16.1 Å². The molecule has 9 heteroatoms. The minimum atomic E-state index is -3.61. The molecular weight excluding hydrogens is 469 g/mol. The van der Waals surface area contributed by atoms with Crippen molar-refractivity contribution in [2.75, 3.05) is 31.5 Å². The summed E-state index contributed by atoms with van der Waals surface area (Å²) in [5.41, 5.74) is 0.452. The molecule has 0 aromatic heterocycles. The summed E-state index contributed by atoms with van der Waals surface area (Å²) in [6.07, 6.45) is 0. The number of halogens is 2. The summed E-state index contributed by atoms with van der Waals surface area (Å²) >= 11 is 12.2. The zero-order valence-corrected chi connectivity index (χ0v) is 19.8. The minimum absolute atomic E-state index is 0.222. The molecule has 6 nitrogen and oxygen atoms in total. The van der Waals surface area contributed by atoms with Crippen LogP contribution in [0.4, 0.5) is 5.69 Å². The highest BCUT2D eigenvalue weighted by Crippen LogP contribution is 2.30. The molecule has 1 aliphatic heterocycles. The summed E-state index contributed by atoms with van der Waals surface area (Å²) < 4.78 is 27.8. The molecule has 1 atom stereocenters. The predicted molar refractivity (Wildman–Crippen MR) is 129 cm³/mol. The molecule has 1 heterocycles. The Kier molecular flexibility index (Phi) is 6.74. The molecule has 1 N–H and O–H groups in total. The Morgan fingerprint density at radius 1 is 0.938 bits per heavy atom. The van der Waals surface area contributed by atoms with Gasteiger partial charge in [-0.15, -0.1) is 0 Å². The molecule has 1 amide bonds. The van der Waals surface area contributed by atoms with Gasteiger partial charge in [-0.2, -0.15) is 4.31 Å². The first-order valence-electron chi connectivity index (χ1n) is 10.3. The molecule has 1 aliphatic rings. The first kappa shape index (κ1) is 23.0. The number of fused-ring (bicyclic) bond motifs is 1. The number of hydrogen-bond donors (Lipinski definition) is 1.